The first kappa shape index (κ1) is 21.4. The number of hydrogen-bond acceptors (Lipinski definition) is 5. The van der Waals surface area contributed by atoms with Gasteiger partial charge in [0.25, 0.3) is 0 Å². The second-order valence-electron chi connectivity index (χ2n) is 7.04. The maximum Gasteiger partial charge on any atom is 0.525 e. The van der Waals surface area contributed by atoms with Gasteiger partial charge in [-0.05, 0) is 34.6 Å². The Morgan fingerprint density at radius 2 is 1.81 bits per heavy atom. The Bertz CT molecular complexity index is 727. The van der Waals surface area contributed by atoms with Crippen LogP contribution in [0, 0.1) is 0 Å². The smallest absolute Gasteiger partial charge is 0.465 e. The van der Waals surface area contributed by atoms with Crippen LogP contribution in [0.5, 0.6) is 0 Å². The largest absolute Gasteiger partial charge is 0.525 e. The third kappa shape index (κ3) is 4.52. The maximum absolute atomic E-state index is 14.8. The summed E-state index contributed by atoms with van der Waals surface area (Å²) in [5.74, 6) is -0.670. The average Bonchev–Trinajstić information content (AvgIpc) is 3.00. The second-order valence-corrected chi connectivity index (χ2v) is 7.04. The van der Waals surface area contributed by atoms with Crippen molar-refractivity contribution in [2.45, 2.75) is 58.5 Å². The molecule has 1 aromatic rings. The summed E-state index contributed by atoms with van der Waals surface area (Å²) in [6.07, 6.45) is -3.27. The number of allylic oxidation sites excluding steroid dienone is 1. The van der Waals surface area contributed by atoms with E-state index < -0.39 is 53.9 Å². The first-order chi connectivity index (χ1) is 12.3. The molecule has 1 aliphatic heterocycles. The number of esters is 1. The molecule has 2 rings (SSSR count). The van der Waals surface area contributed by atoms with Gasteiger partial charge in [-0.2, -0.15) is 18.3 Å². The number of aromatic nitrogens is 2. The van der Waals surface area contributed by atoms with Crippen molar-refractivity contribution in [3.8, 4) is 0 Å². The van der Waals surface area contributed by atoms with Gasteiger partial charge in [-0.1, -0.05) is 0 Å². The maximum atomic E-state index is 14.8. The predicted molar refractivity (Wildman–Crippen MR) is 89.0 cm³/mol. The van der Waals surface area contributed by atoms with E-state index in [2.05, 4.69) is 5.10 Å². The summed E-state index contributed by atoms with van der Waals surface area (Å²) in [4.78, 5) is 11.4. The summed E-state index contributed by atoms with van der Waals surface area (Å²) in [7, 11) is -1.81. The highest BCUT2D eigenvalue weighted by molar-refractivity contribution is 6.55. The van der Waals surface area contributed by atoms with Gasteiger partial charge in [0.2, 0.25) is 0 Å². The Morgan fingerprint density at radius 1 is 1.26 bits per heavy atom. The third-order valence-electron chi connectivity index (χ3n) is 4.50. The summed E-state index contributed by atoms with van der Waals surface area (Å²) in [5, 5.41) is 3.67. The molecule has 0 spiro atoms. The molecule has 0 aromatic carbocycles. The van der Waals surface area contributed by atoms with Crippen molar-refractivity contribution >= 4 is 18.7 Å². The van der Waals surface area contributed by atoms with Crippen LogP contribution < -0.4 is 0 Å². The Morgan fingerprint density at radius 3 is 2.30 bits per heavy atom. The minimum Gasteiger partial charge on any atom is -0.465 e. The molecule has 0 unspecified atom stereocenters. The molecule has 0 amide bonds. The number of alkyl halides is 3. The van der Waals surface area contributed by atoms with E-state index in [-0.39, 0.29) is 6.61 Å². The molecule has 11 heteroatoms. The molecule has 150 valence electrons. The van der Waals surface area contributed by atoms with Crippen LogP contribution in [0.2, 0.25) is 0 Å². The van der Waals surface area contributed by atoms with Crippen LogP contribution in [0.25, 0.3) is 5.57 Å². The van der Waals surface area contributed by atoms with Crippen LogP contribution in [0.3, 0.4) is 0 Å². The summed E-state index contributed by atoms with van der Waals surface area (Å²) in [5.41, 5.74) is -5.70. The molecule has 0 saturated carbocycles. The number of halogens is 4. The molecule has 1 aliphatic rings. The molecular weight excluding hydrogens is 371 g/mol. The average molecular weight is 392 g/mol. The van der Waals surface area contributed by atoms with Gasteiger partial charge in [-0.25, -0.2) is 4.39 Å². The van der Waals surface area contributed by atoms with Crippen LogP contribution in [0.4, 0.5) is 17.6 Å². The summed E-state index contributed by atoms with van der Waals surface area (Å²) >= 11 is 0. The molecule has 2 heterocycles. The van der Waals surface area contributed by atoms with E-state index in [1.165, 1.54) is 0 Å². The minimum atomic E-state index is -5.02. The first-order valence-electron chi connectivity index (χ1n) is 8.29. The summed E-state index contributed by atoms with van der Waals surface area (Å²) in [6, 6.07) is 0. The Kier molecular flexibility index (Phi) is 5.77. The topological polar surface area (TPSA) is 62.6 Å². The Balaban J connectivity index is 2.38. The molecule has 0 bridgehead atoms. The van der Waals surface area contributed by atoms with E-state index in [4.69, 9.17) is 14.0 Å². The standard InChI is InChI=1S/C16H21BF4N2O4/c1-6-25-11(24)9-23-8-10(7-22-23)12(16(19,20)21)13(18)17-26-14(2,3)15(4,5)27-17/h7-8H,6,9H2,1-5H3. The van der Waals surface area contributed by atoms with E-state index in [0.717, 1.165) is 17.1 Å². The molecule has 0 aliphatic carbocycles. The zero-order valence-corrected chi connectivity index (χ0v) is 15.7. The number of carbonyl (C=O) groups excluding carboxylic acids is 1. The van der Waals surface area contributed by atoms with Crippen molar-refractivity contribution < 1.29 is 36.4 Å². The minimum absolute atomic E-state index is 0.122. The van der Waals surface area contributed by atoms with Gasteiger partial charge in [0.1, 0.15) is 12.3 Å². The van der Waals surface area contributed by atoms with Crippen LogP contribution in [-0.2, 0) is 25.4 Å². The molecule has 0 radical (unpaired) electrons. The van der Waals surface area contributed by atoms with Gasteiger partial charge >= 0.3 is 19.3 Å². The molecule has 27 heavy (non-hydrogen) atoms. The normalized spacial score (nSPS) is 19.8. The lowest BCUT2D eigenvalue weighted by molar-refractivity contribution is -0.144. The molecule has 0 N–H and O–H groups in total. The lowest BCUT2D eigenvalue weighted by Crippen LogP contribution is -2.41. The van der Waals surface area contributed by atoms with Crippen molar-refractivity contribution in [2.75, 3.05) is 6.61 Å². The third-order valence-corrected chi connectivity index (χ3v) is 4.50. The van der Waals surface area contributed by atoms with E-state index in [1.54, 1.807) is 34.6 Å². The zero-order valence-electron chi connectivity index (χ0n) is 15.7. The van der Waals surface area contributed by atoms with Gasteiger partial charge in [0.05, 0.1) is 29.6 Å². The van der Waals surface area contributed by atoms with Gasteiger partial charge in [-0.3, -0.25) is 9.48 Å². The molecular formula is C16H21BF4N2O4. The fourth-order valence-electron chi connectivity index (χ4n) is 2.42. The lowest BCUT2D eigenvalue weighted by Gasteiger charge is -2.32. The molecule has 1 saturated heterocycles. The quantitative estimate of drug-likeness (QED) is 0.437. The van der Waals surface area contributed by atoms with Crippen molar-refractivity contribution in [2.24, 2.45) is 0 Å². The Hall–Kier alpha value is -1.88. The van der Waals surface area contributed by atoms with Crippen molar-refractivity contribution in [3.05, 3.63) is 23.7 Å². The van der Waals surface area contributed by atoms with Crippen LogP contribution in [0.15, 0.2) is 18.1 Å². The summed E-state index contributed by atoms with van der Waals surface area (Å²) < 4.78 is 71.9. The van der Waals surface area contributed by atoms with E-state index in [0.29, 0.717) is 0 Å². The van der Waals surface area contributed by atoms with Crippen molar-refractivity contribution in [3.63, 3.8) is 0 Å². The number of hydrogen-bond donors (Lipinski definition) is 0. The lowest BCUT2D eigenvalue weighted by atomic mass is 9.83. The highest BCUT2D eigenvalue weighted by Gasteiger charge is 2.55. The molecule has 0 atom stereocenters. The van der Waals surface area contributed by atoms with Gasteiger partial charge in [0.15, 0.2) is 0 Å². The molecule has 1 fully saturated rings. The Labute approximate surface area is 154 Å². The van der Waals surface area contributed by atoms with Gasteiger partial charge < -0.3 is 14.0 Å². The van der Waals surface area contributed by atoms with Crippen molar-refractivity contribution in [1.29, 1.82) is 0 Å². The fourth-order valence-corrected chi connectivity index (χ4v) is 2.42. The number of rotatable bonds is 5. The van der Waals surface area contributed by atoms with Crippen molar-refractivity contribution in [1.82, 2.24) is 9.78 Å². The number of ether oxygens (including phenoxy) is 1. The van der Waals surface area contributed by atoms with Crippen LogP contribution in [0.1, 0.15) is 40.2 Å². The molecule has 6 nitrogen and oxygen atoms in total. The SMILES string of the molecule is CCOC(=O)Cn1cc(C(=C(F)B2OC(C)(C)C(C)(C)O2)C(F)(F)F)cn1. The zero-order chi connectivity index (χ0) is 20.6. The van der Waals surface area contributed by atoms with Crippen LogP contribution >= 0.6 is 0 Å². The predicted octanol–water partition coefficient (Wildman–Crippen LogP) is 3.32. The number of carbonyl (C=O) groups is 1. The van der Waals surface area contributed by atoms with Crippen LogP contribution in [-0.4, -0.2) is 46.9 Å². The van der Waals surface area contributed by atoms with E-state index in [9.17, 15) is 22.4 Å². The van der Waals surface area contributed by atoms with E-state index in [1.807, 2.05) is 0 Å². The second kappa shape index (κ2) is 7.27. The number of nitrogens with zero attached hydrogens (tertiary/aromatic N) is 2. The monoisotopic (exact) mass is 392 g/mol. The first-order valence-corrected chi connectivity index (χ1v) is 8.29. The summed E-state index contributed by atoms with van der Waals surface area (Å²) in [6.45, 7) is 7.73. The van der Waals surface area contributed by atoms with E-state index >= 15 is 0 Å². The van der Waals surface area contributed by atoms with Gasteiger partial charge in [-0.15, -0.1) is 0 Å². The molecule has 1 aromatic heterocycles. The van der Waals surface area contributed by atoms with Gasteiger partial charge in [0, 0.05) is 11.8 Å². The highest BCUT2D eigenvalue weighted by atomic mass is 19.4. The fraction of sp³-hybridized carbons (Fsp3) is 0.625. The highest BCUT2D eigenvalue weighted by Crippen LogP contribution is 2.43.